The number of anilines is 1. The highest BCUT2D eigenvalue weighted by Gasteiger charge is 2.23. The van der Waals surface area contributed by atoms with Gasteiger partial charge in [0, 0.05) is 4.47 Å². The summed E-state index contributed by atoms with van der Waals surface area (Å²) in [5.41, 5.74) is 4.60. The maximum absolute atomic E-state index is 12.7. The smallest absolute Gasteiger partial charge is 0.267 e. The van der Waals surface area contributed by atoms with Crippen molar-refractivity contribution < 1.29 is 13.2 Å². The summed E-state index contributed by atoms with van der Waals surface area (Å²) in [6.45, 7) is 0.117. The molecule has 0 aliphatic heterocycles. The van der Waals surface area contributed by atoms with Crippen molar-refractivity contribution in [1.29, 1.82) is 0 Å². The summed E-state index contributed by atoms with van der Waals surface area (Å²) in [5, 5.41) is 3.99. The van der Waals surface area contributed by atoms with Crippen LogP contribution in [0.15, 0.2) is 88.4 Å². The number of halogens is 1. The molecule has 0 saturated heterocycles. The monoisotopic (exact) mass is 485 g/mol. The molecule has 6 nitrogen and oxygen atoms in total. The van der Waals surface area contributed by atoms with Gasteiger partial charge in [0.15, 0.2) is 0 Å². The van der Waals surface area contributed by atoms with E-state index in [1.807, 2.05) is 54.6 Å². The van der Waals surface area contributed by atoms with E-state index in [1.165, 1.54) is 10.5 Å². The van der Waals surface area contributed by atoms with Gasteiger partial charge in [-0.05, 0) is 35.4 Å². The summed E-state index contributed by atoms with van der Waals surface area (Å²) in [6.07, 6.45) is 2.64. The first kappa shape index (κ1) is 21.7. The van der Waals surface area contributed by atoms with Crippen molar-refractivity contribution in [3.8, 4) is 0 Å². The second-order valence-electron chi connectivity index (χ2n) is 6.52. The third-order valence-electron chi connectivity index (χ3n) is 4.24. The second-order valence-corrected chi connectivity index (χ2v) is 9.35. The van der Waals surface area contributed by atoms with Gasteiger partial charge in [-0.25, -0.2) is 13.8 Å². The first-order valence-corrected chi connectivity index (χ1v) is 11.7. The third kappa shape index (κ3) is 5.77. The minimum Gasteiger partial charge on any atom is -0.267 e. The Labute approximate surface area is 184 Å². The highest BCUT2D eigenvalue weighted by atomic mass is 79.9. The fourth-order valence-corrected chi connectivity index (χ4v) is 3.95. The van der Waals surface area contributed by atoms with Gasteiger partial charge in [0.25, 0.3) is 5.91 Å². The number of rotatable bonds is 7. The van der Waals surface area contributed by atoms with Crippen LogP contribution in [0.2, 0.25) is 0 Å². The van der Waals surface area contributed by atoms with Crippen LogP contribution in [0.5, 0.6) is 0 Å². The van der Waals surface area contributed by atoms with Crippen LogP contribution in [0.4, 0.5) is 5.69 Å². The molecule has 3 rings (SSSR count). The summed E-state index contributed by atoms with van der Waals surface area (Å²) in [5.74, 6) is -0.499. The van der Waals surface area contributed by atoms with E-state index in [-0.39, 0.29) is 12.1 Å². The number of nitrogens with one attached hydrogen (secondary N) is 1. The van der Waals surface area contributed by atoms with Crippen molar-refractivity contribution in [2.24, 2.45) is 5.10 Å². The van der Waals surface area contributed by atoms with Gasteiger partial charge in [-0.3, -0.25) is 9.10 Å². The Bertz CT molecular complexity index is 1150. The standard InChI is InChI=1S/C22H20BrN3O3S/c1-30(28,29)26(16-18-7-3-2-4-8-18)21-10-6-5-9-20(21)22(27)25-24-15-17-11-13-19(23)14-12-17/h2-15H,16H2,1H3,(H,25,27)/b24-15+. The van der Waals surface area contributed by atoms with E-state index < -0.39 is 15.9 Å². The maximum Gasteiger partial charge on any atom is 0.273 e. The van der Waals surface area contributed by atoms with Gasteiger partial charge in [-0.2, -0.15) is 5.10 Å². The zero-order valence-corrected chi connectivity index (χ0v) is 18.6. The van der Waals surface area contributed by atoms with E-state index in [0.29, 0.717) is 5.69 Å². The molecule has 0 radical (unpaired) electrons. The second kappa shape index (κ2) is 9.69. The van der Waals surface area contributed by atoms with Gasteiger partial charge in [-0.15, -0.1) is 0 Å². The van der Waals surface area contributed by atoms with Crippen LogP contribution in [0, 0.1) is 0 Å². The molecule has 3 aromatic rings. The first-order valence-electron chi connectivity index (χ1n) is 9.04. The van der Waals surface area contributed by atoms with E-state index in [0.717, 1.165) is 21.9 Å². The van der Waals surface area contributed by atoms with Gasteiger partial charge in [-0.1, -0.05) is 70.5 Å². The Morgan fingerprint density at radius 3 is 2.30 bits per heavy atom. The molecular formula is C22H20BrN3O3S. The molecule has 0 aliphatic carbocycles. The molecule has 30 heavy (non-hydrogen) atoms. The predicted octanol–water partition coefficient (Wildman–Crippen LogP) is 4.18. The zero-order valence-electron chi connectivity index (χ0n) is 16.2. The van der Waals surface area contributed by atoms with Gasteiger partial charge in [0.1, 0.15) is 0 Å². The number of hydrazone groups is 1. The molecule has 3 aromatic carbocycles. The molecule has 0 heterocycles. The topological polar surface area (TPSA) is 78.8 Å². The average molecular weight is 486 g/mol. The molecule has 0 atom stereocenters. The lowest BCUT2D eigenvalue weighted by Gasteiger charge is -2.24. The van der Waals surface area contributed by atoms with E-state index in [4.69, 9.17) is 0 Å². The average Bonchev–Trinajstić information content (AvgIpc) is 2.73. The summed E-state index contributed by atoms with van der Waals surface area (Å²) in [4.78, 5) is 12.7. The normalized spacial score (nSPS) is 11.4. The summed E-state index contributed by atoms with van der Waals surface area (Å²) < 4.78 is 27.2. The molecule has 1 amide bonds. The minimum absolute atomic E-state index is 0.117. The molecule has 0 fully saturated rings. The van der Waals surface area contributed by atoms with Crippen molar-refractivity contribution in [2.75, 3.05) is 10.6 Å². The predicted molar refractivity (Wildman–Crippen MR) is 123 cm³/mol. The number of para-hydroxylation sites is 1. The van der Waals surface area contributed by atoms with Crippen LogP contribution < -0.4 is 9.73 Å². The Hall–Kier alpha value is -2.97. The molecule has 154 valence electrons. The fraction of sp³-hybridized carbons (Fsp3) is 0.0909. The fourth-order valence-electron chi connectivity index (χ4n) is 2.79. The summed E-state index contributed by atoms with van der Waals surface area (Å²) in [6, 6.07) is 23.2. The number of nitrogens with zero attached hydrogens (tertiary/aromatic N) is 2. The largest absolute Gasteiger partial charge is 0.273 e. The third-order valence-corrected chi connectivity index (χ3v) is 5.89. The number of carbonyl (C=O) groups excluding carboxylic acids is 1. The van der Waals surface area contributed by atoms with Gasteiger partial charge >= 0.3 is 0 Å². The SMILES string of the molecule is CS(=O)(=O)N(Cc1ccccc1)c1ccccc1C(=O)N/N=C/c1ccc(Br)cc1. The van der Waals surface area contributed by atoms with Crippen molar-refractivity contribution >= 4 is 43.8 Å². The quantitative estimate of drug-likeness (QED) is 0.402. The Morgan fingerprint density at radius 2 is 1.63 bits per heavy atom. The Morgan fingerprint density at radius 1 is 1.00 bits per heavy atom. The molecular weight excluding hydrogens is 466 g/mol. The van der Waals surface area contributed by atoms with E-state index >= 15 is 0 Å². The molecule has 0 saturated carbocycles. The maximum atomic E-state index is 12.7. The lowest BCUT2D eigenvalue weighted by Crippen LogP contribution is -2.32. The number of carbonyl (C=O) groups is 1. The van der Waals surface area contributed by atoms with Crippen LogP contribution in [-0.4, -0.2) is 26.8 Å². The number of hydrogen-bond donors (Lipinski definition) is 1. The van der Waals surface area contributed by atoms with Crippen LogP contribution in [0.25, 0.3) is 0 Å². The number of benzene rings is 3. The highest BCUT2D eigenvalue weighted by molar-refractivity contribution is 9.10. The summed E-state index contributed by atoms with van der Waals surface area (Å²) >= 11 is 3.36. The molecule has 0 aromatic heterocycles. The van der Waals surface area contributed by atoms with E-state index in [9.17, 15) is 13.2 Å². The Balaban J connectivity index is 1.85. The van der Waals surface area contributed by atoms with Crippen molar-refractivity contribution in [3.05, 3.63) is 100 Å². The lowest BCUT2D eigenvalue weighted by atomic mass is 10.1. The minimum atomic E-state index is -3.63. The van der Waals surface area contributed by atoms with Crippen LogP contribution in [-0.2, 0) is 16.6 Å². The molecule has 0 aliphatic rings. The van der Waals surface area contributed by atoms with Crippen LogP contribution in [0.1, 0.15) is 21.5 Å². The van der Waals surface area contributed by atoms with Crippen molar-refractivity contribution in [1.82, 2.24) is 5.43 Å². The summed E-state index contributed by atoms with van der Waals surface area (Å²) in [7, 11) is -3.63. The molecule has 8 heteroatoms. The van der Waals surface area contributed by atoms with E-state index in [2.05, 4.69) is 26.5 Å². The molecule has 0 bridgehead atoms. The van der Waals surface area contributed by atoms with Gasteiger partial charge in [0.05, 0.1) is 30.3 Å². The highest BCUT2D eigenvalue weighted by Crippen LogP contribution is 2.25. The van der Waals surface area contributed by atoms with Crippen molar-refractivity contribution in [2.45, 2.75) is 6.54 Å². The van der Waals surface area contributed by atoms with E-state index in [1.54, 1.807) is 24.3 Å². The van der Waals surface area contributed by atoms with Crippen LogP contribution >= 0.6 is 15.9 Å². The molecule has 0 spiro atoms. The number of hydrogen-bond acceptors (Lipinski definition) is 4. The number of sulfonamides is 1. The van der Waals surface area contributed by atoms with Gasteiger partial charge < -0.3 is 0 Å². The first-order chi connectivity index (χ1) is 14.3. The van der Waals surface area contributed by atoms with Gasteiger partial charge in [0.2, 0.25) is 10.0 Å². The number of amides is 1. The lowest BCUT2D eigenvalue weighted by molar-refractivity contribution is 0.0956. The van der Waals surface area contributed by atoms with Crippen molar-refractivity contribution in [3.63, 3.8) is 0 Å². The Kier molecular flexibility index (Phi) is 7.02. The zero-order chi connectivity index (χ0) is 21.6. The van der Waals surface area contributed by atoms with Crippen LogP contribution in [0.3, 0.4) is 0 Å². The molecule has 1 N–H and O–H groups in total. The molecule has 0 unspecified atom stereocenters.